The Kier molecular flexibility index (Phi) is 3.73. The van der Waals surface area contributed by atoms with Crippen molar-refractivity contribution in [1.82, 2.24) is 4.31 Å². The van der Waals surface area contributed by atoms with Gasteiger partial charge in [-0.05, 0) is 30.5 Å². The van der Waals surface area contributed by atoms with E-state index in [9.17, 15) is 17.2 Å². The van der Waals surface area contributed by atoms with Crippen LogP contribution in [0.25, 0.3) is 0 Å². The summed E-state index contributed by atoms with van der Waals surface area (Å²) in [5.41, 5.74) is 0.0173. The van der Waals surface area contributed by atoms with E-state index in [-0.39, 0.29) is 30.9 Å². The number of morpholine rings is 1. The third-order valence-corrected chi connectivity index (χ3v) is 5.70. The second kappa shape index (κ2) is 5.28. The zero-order valence-corrected chi connectivity index (χ0v) is 11.9. The van der Waals surface area contributed by atoms with Crippen molar-refractivity contribution in [3.05, 3.63) is 29.3 Å². The smallest absolute Gasteiger partial charge is 0.246 e. The predicted octanol–water partition coefficient (Wildman–Crippen LogP) is 1.01. The Morgan fingerprint density at radius 1 is 1.24 bits per heavy atom. The molecule has 1 aromatic carbocycles. The van der Waals surface area contributed by atoms with Gasteiger partial charge in [0, 0.05) is 13.1 Å². The number of ether oxygens (including phenoxy) is 1. The zero-order chi connectivity index (χ0) is 15.2. The monoisotopic (exact) mass is 319 g/mol. The average molecular weight is 319 g/mol. The molecule has 0 amide bonds. The van der Waals surface area contributed by atoms with Gasteiger partial charge in [-0.2, -0.15) is 4.31 Å². The van der Waals surface area contributed by atoms with Crippen LogP contribution >= 0.6 is 0 Å². The molecule has 2 fully saturated rings. The molecule has 2 bridgehead atoms. The minimum atomic E-state index is -4.15. The number of benzene rings is 1. The van der Waals surface area contributed by atoms with Crippen LogP contribution in [0.2, 0.25) is 0 Å². The van der Waals surface area contributed by atoms with E-state index in [0.29, 0.717) is 0 Å². The Labute approximate surface area is 121 Å². The second-order valence-electron chi connectivity index (χ2n) is 5.33. The largest absolute Gasteiger partial charge is 0.392 e. The van der Waals surface area contributed by atoms with E-state index in [4.69, 9.17) is 9.84 Å². The van der Waals surface area contributed by atoms with Crippen molar-refractivity contribution >= 4 is 10.0 Å². The van der Waals surface area contributed by atoms with E-state index in [1.165, 1.54) is 0 Å². The highest BCUT2D eigenvalue weighted by Gasteiger charge is 2.40. The van der Waals surface area contributed by atoms with E-state index >= 15 is 0 Å². The number of nitrogens with zero attached hydrogens (tertiary/aromatic N) is 1. The maximum atomic E-state index is 13.9. The number of aliphatic hydroxyl groups is 1. The third kappa shape index (κ3) is 2.57. The van der Waals surface area contributed by atoms with Gasteiger partial charge in [0.25, 0.3) is 0 Å². The summed E-state index contributed by atoms with van der Waals surface area (Å²) in [4.78, 5) is -0.729. The zero-order valence-electron chi connectivity index (χ0n) is 11.1. The first-order valence-electron chi connectivity index (χ1n) is 6.66. The molecule has 2 atom stereocenters. The summed E-state index contributed by atoms with van der Waals surface area (Å²) in [6.07, 6.45) is 1.16. The summed E-state index contributed by atoms with van der Waals surface area (Å²) in [6.45, 7) is -0.277. The lowest BCUT2D eigenvalue weighted by Gasteiger charge is -2.31. The molecular weight excluding hydrogens is 304 g/mol. The van der Waals surface area contributed by atoms with Gasteiger partial charge >= 0.3 is 0 Å². The molecule has 2 saturated heterocycles. The van der Waals surface area contributed by atoms with E-state index in [2.05, 4.69) is 0 Å². The fraction of sp³-hybridized carbons (Fsp3) is 0.538. The summed E-state index contributed by atoms with van der Waals surface area (Å²) in [6, 6.07) is 1.77. The molecule has 2 aliphatic heterocycles. The molecule has 21 heavy (non-hydrogen) atoms. The SMILES string of the molecule is O=S(=O)(c1cc(CO)cc(F)c1F)N1CC2CCC(C1)O2. The average Bonchev–Trinajstić information content (AvgIpc) is 2.79. The van der Waals surface area contributed by atoms with Gasteiger partial charge in [0.15, 0.2) is 11.6 Å². The number of aliphatic hydroxyl groups excluding tert-OH is 1. The Hall–Kier alpha value is -1.09. The summed E-state index contributed by atoms with van der Waals surface area (Å²) in [5.74, 6) is -2.69. The van der Waals surface area contributed by atoms with E-state index in [0.717, 1.165) is 29.3 Å². The Balaban J connectivity index is 2.00. The molecule has 3 rings (SSSR count). The van der Waals surface area contributed by atoms with Crippen LogP contribution in [-0.4, -0.2) is 43.1 Å². The number of hydrogen-bond acceptors (Lipinski definition) is 4. The number of fused-ring (bicyclic) bond motifs is 2. The maximum absolute atomic E-state index is 13.9. The first-order chi connectivity index (χ1) is 9.91. The summed E-state index contributed by atoms with van der Waals surface area (Å²) < 4.78 is 59.1. The number of rotatable bonds is 3. The number of halogens is 2. The molecule has 2 aliphatic rings. The number of sulfonamides is 1. The van der Waals surface area contributed by atoms with Crippen LogP contribution in [0.15, 0.2) is 17.0 Å². The summed E-state index contributed by atoms with van der Waals surface area (Å²) >= 11 is 0. The molecule has 1 N–H and O–H groups in total. The first kappa shape index (κ1) is 14.8. The molecule has 116 valence electrons. The molecule has 1 aromatic rings. The van der Waals surface area contributed by atoms with Crippen LogP contribution in [0, 0.1) is 11.6 Å². The molecule has 0 aromatic heterocycles. The van der Waals surface area contributed by atoms with Crippen molar-refractivity contribution in [2.45, 2.75) is 36.6 Å². The van der Waals surface area contributed by atoms with Crippen LogP contribution < -0.4 is 0 Å². The van der Waals surface area contributed by atoms with Gasteiger partial charge in [0.05, 0.1) is 18.8 Å². The minimum absolute atomic E-state index is 0.0173. The molecular formula is C13H15F2NO4S. The van der Waals surface area contributed by atoms with Crippen LogP contribution in [-0.2, 0) is 21.4 Å². The van der Waals surface area contributed by atoms with E-state index in [1.54, 1.807) is 0 Å². The molecule has 0 radical (unpaired) electrons. The highest BCUT2D eigenvalue weighted by molar-refractivity contribution is 7.89. The predicted molar refractivity (Wildman–Crippen MR) is 68.9 cm³/mol. The standard InChI is InChI=1S/C13H15F2NO4S/c14-11-3-8(7-17)4-12(13(11)15)21(18,19)16-5-9-1-2-10(6-16)20-9/h3-4,9-10,17H,1-2,5-7H2. The Morgan fingerprint density at radius 2 is 1.86 bits per heavy atom. The topological polar surface area (TPSA) is 66.8 Å². The molecule has 0 saturated carbocycles. The molecule has 5 nitrogen and oxygen atoms in total. The molecule has 2 unspecified atom stereocenters. The molecule has 2 heterocycles. The quantitative estimate of drug-likeness (QED) is 0.903. The second-order valence-corrected chi connectivity index (χ2v) is 7.23. The number of hydrogen-bond donors (Lipinski definition) is 1. The van der Waals surface area contributed by atoms with Crippen molar-refractivity contribution in [3.8, 4) is 0 Å². The van der Waals surface area contributed by atoms with Crippen molar-refractivity contribution in [1.29, 1.82) is 0 Å². The van der Waals surface area contributed by atoms with Crippen LogP contribution in [0.4, 0.5) is 8.78 Å². The lowest BCUT2D eigenvalue weighted by atomic mass is 10.2. The third-order valence-electron chi connectivity index (χ3n) is 3.87. The Bertz CT molecular complexity index is 652. The van der Waals surface area contributed by atoms with Crippen LogP contribution in [0.1, 0.15) is 18.4 Å². The van der Waals surface area contributed by atoms with Gasteiger partial charge in [0.1, 0.15) is 4.90 Å². The fourth-order valence-corrected chi connectivity index (χ4v) is 4.44. The summed E-state index contributed by atoms with van der Waals surface area (Å²) in [5, 5.41) is 9.03. The maximum Gasteiger partial charge on any atom is 0.246 e. The van der Waals surface area contributed by atoms with Gasteiger partial charge in [-0.1, -0.05) is 0 Å². The van der Waals surface area contributed by atoms with Crippen LogP contribution in [0.5, 0.6) is 0 Å². The van der Waals surface area contributed by atoms with Crippen LogP contribution in [0.3, 0.4) is 0 Å². The van der Waals surface area contributed by atoms with Gasteiger partial charge in [-0.15, -0.1) is 0 Å². The van der Waals surface area contributed by atoms with Crippen molar-refractivity contribution < 1.29 is 27.0 Å². The van der Waals surface area contributed by atoms with Crippen molar-refractivity contribution in [3.63, 3.8) is 0 Å². The molecule has 0 spiro atoms. The minimum Gasteiger partial charge on any atom is -0.392 e. The summed E-state index contributed by atoms with van der Waals surface area (Å²) in [7, 11) is -4.15. The van der Waals surface area contributed by atoms with Crippen molar-refractivity contribution in [2.24, 2.45) is 0 Å². The van der Waals surface area contributed by atoms with Gasteiger partial charge in [-0.3, -0.25) is 0 Å². The molecule has 0 aliphatic carbocycles. The lowest BCUT2D eigenvalue weighted by Crippen LogP contribution is -2.46. The normalized spacial score (nSPS) is 26.2. The molecule has 8 heteroatoms. The van der Waals surface area contributed by atoms with E-state index in [1.807, 2.05) is 0 Å². The first-order valence-corrected chi connectivity index (χ1v) is 8.10. The highest BCUT2D eigenvalue weighted by atomic mass is 32.2. The van der Waals surface area contributed by atoms with Gasteiger partial charge < -0.3 is 9.84 Å². The highest BCUT2D eigenvalue weighted by Crippen LogP contribution is 2.31. The lowest BCUT2D eigenvalue weighted by molar-refractivity contribution is -0.0115. The van der Waals surface area contributed by atoms with E-state index < -0.39 is 33.2 Å². The fourth-order valence-electron chi connectivity index (χ4n) is 2.81. The van der Waals surface area contributed by atoms with Gasteiger partial charge in [-0.25, -0.2) is 17.2 Å². The van der Waals surface area contributed by atoms with Crippen molar-refractivity contribution in [2.75, 3.05) is 13.1 Å². The Morgan fingerprint density at radius 3 is 2.43 bits per heavy atom. The van der Waals surface area contributed by atoms with Gasteiger partial charge in [0.2, 0.25) is 10.0 Å².